The molecule has 1 N–H and O–H groups in total. The first-order valence-electron chi connectivity index (χ1n) is 6.93. The van der Waals surface area contributed by atoms with E-state index in [0.717, 1.165) is 12.0 Å². The van der Waals surface area contributed by atoms with Crippen molar-refractivity contribution in [1.82, 2.24) is 5.32 Å². The average Bonchev–Trinajstić information content (AvgIpc) is 2.66. The van der Waals surface area contributed by atoms with Crippen molar-refractivity contribution >= 4 is 0 Å². The second-order valence-corrected chi connectivity index (χ2v) is 5.60. The molecule has 0 aromatic heterocycles. The molecule has 2 nitrogen and oxygen atoms in total. The molecule has 2 rings (SSSR count). The molecule has 0 heterocycles. The number of ether oxygens (including phenoxy) is 1. The van der Waals surface area contributed by atoms with Crippen LogP contribution >= 0.6 is 0 Å². The standard InChI is InChI=1S/C15H20F3NO/c1-10-6-7-14(11(10)2)19-9-12-4-3-5-13(8-12)20-15(16,17)18/h3-5,8,10-11,14,19H,6-7,9H2,1-2H3. The largest absolute Gasteiger partial charge is 0.573 e. The van der Waals surface area contributed by atoms with Crippen LogP contribution in [0.2, 0.25) is 0 Å². The van der Waals surface area contributed by atoms with Crippen LogP contribution in [0, 0.1) is 11.8 Å². The predicted octanol–water partition coefficient (Wildman–Crippen LogP) is 4.11. The van der Waals surface area contributed by atoms with E-state index in [9.17, 15) is 13.2 Å². The Hall–Kier alpha value is -1.23. The number of halogens is 3. The maximum Gasteiger partial charge on any atom is 0.573 e. The van der Waals surface area contributed by atoms with Crippen LogP contribution in [0.5, 0.6) is 5.75 Å². The van der Waals surface area contributed by atoms with Gasteiger partial charge in [0.1, 0.15) is 5.75 Å². The fraction of sp³-hybridized carbons (Fsp3) is 0.600. The van der Waals surface area contributed by atoms with Gasteiger partial charge in [0.15, 0.2) is 0 Å². The third-order valence-corrected chi connectivity index (χ3v) is 4.17. The van der Waals surface area contributed by atoms with Gasteiger partial charge in [-0.2, -0.15) is 0 Å². The summed E-state index contributed by atoms with van der Waals surface area (Å²) in [4.78, 5) is 0. The van der Waals surface area contributed by atoms with Gasteiger partial charge in [0.05, 0.1) is 0 Å². The van der Waals surface area contributed by atoms with Crippen molar-refractivity contribution in [2.75, 3.05) is 0 Å². The van der Waals surface area contributed by atoms with E-state index >= 15 is 0 Å². The highest BCUT2D eigenvalue weighted by atomic mass is 19.4. The topological polar surface area (TPSA) is 21.3 Å². The van der Waals surface area contributed by atoms with E-state index in [1.54, 1.807) is 12.1 Å². The summed E-state index contributed by atoms with van der Waals surface area (Å²) in [6, 6.07) is 6.58. The zero-order chi connectivity index (χ0) is 14.8. The molecule has 5 heteroatoms. The Morgan fingerprint density at radius 3 is 2.60 bits per heavy atom. The number of nitrogens with one attached hydrogen (secondary N) is 1. The second kappa shape index (κ2) is 6.04. The van der Waals surface area contributed by atoms with Gasteiger partial charge in [-0.1, -0.05) is 26.0 Å². The fourth-order valence-electron chi connectivity index (χ4n) is 2.75. The molecule has 0 radical (unpaired) electrons. The Kier molecular flexibility index (Phi) is 4.58. The maximum atomic E-state index is 12.2. The highest BCUT2D eigenvalue weighted by Gasteiger charge is 2.31. The molecule has 112 valence electrons. The Labute approximate surface area is 117 Å². The lowest BCUT2D eigenvalue weighted by molar-refractivity contribution is -0.274. The second-order valence-electron chi connectivity index (χ2n) is 5.60. The monoisotopic (exact) mass is 287 g/mol. The molecule has 1 aliphatic rings. The average molecular weight is 287 g/mol. The minimum Gasteiger partial charge on any atom is -0.406 e. The van der Waals surface area contributed by atoms with Gasteiger partial charge in [0.2, 0.25) is 0 Å². The van der Waals surface area contributed by atoms with Crippen molar-refractivity contribution in [3.05, 3.63) is 29.8 Å². The van der Waals surface area contributed by atoms with Gasteiger partial charge in [-0.25, -0.2) is 0 Å². The molecular weight excluding hydrogens is 267 g/mol. The highest BCUT2D eigenvalue weighted by molar-refractivity contribution is 5.28. The molecule has 1 aliphatic carbocycles. The molecule has 1 saturated carbocycles. The summed E-state index contributed by atoms with van der Waals surface area (Å²) >= 11 is 0. The maximum absolute atomic E-state index is 12.2. The number of hydrogen-bond donors (Lipinski definition) is 1. The molecule has 1 aromatic rings. The third-order valence-electron chi connectivity index (χ3n) is 4.17. The van der Waals surface area contributed by atoms with Gasteiger partial charge in [-0.15, -0.1) is 13.2 Å². The first-order chi connectivity index (χ1) is 9.35. The van der Waals surface area contributed by atoms with Gasteiger partial charge in [-0.05, 0) is 42.4 Å². The molecule has 0 amide bonds. The summed E-state index contributed by atoms with van der Waals surface area (Å²) in [5, 5.41) is 3.43. The lowest BCUT2D eigenvalue weighted by Crippen LogP contribution is -2.31. The van der Waals surface area contributed by atoms with Crippen LogP contribution in [-0.2, 0) is 6.54 Å². The number of alkyl halides is 3. The summed E-state index contributed by atoms with van der Waals surface area (Å²) in [5.74, 6) is 1.14. The van der Waals surface area contributed by atoms with E-state index < -0.39 is 6.36 Å². The molecule has 1 fully saturated rings. The van der Waals surface area contributed by atoms with Crippen LogP contribution in [0.3, 0.4) is 0 Å². The molecule has 0 aliphatic heterocycles. The fourth-order valence-corrected chi connectivity index (χ4v) is 2.75. The van der Waals surface area contributed by atoms with Gasteiger partial charge in [0, 0.05) is 12.6 Å². The van der Waals surface area contributed by atoms with E-state index in [0.29, 0.717) is 24.4 Å². The summed E-state index contributed by atoms with van der Waals surface area (Å²) in [5.41, 5.74) is 0.804. The first kappa shape index (κ1) is 15.2. The highest BCUT2D eigenvalue weighted by Crippen LogP contribution is 2.31. The van der Waals surface area contributed by atoms with Crippen LogP contribution in [0.4, 0.5) is 13.2 Å². The summed E-state index contributed by atoms with van der Waals surface area (Å²) in [7, 11) is 0. The molecule has 0 bridgehead atoms. The first-order valence-corrected chi connectivity index (χ1v) is 6.93. The van der Waals surface area contributed by atoms with Gasteiger partial charge in [-0.3, -0.25) is 0 Å². The predicted molar refractivity (Wildman–Crippen MR) is 71.3 cm³/mol. The summed E-state index contributed by atoms with van der Waals surface area (Å²) in [6.45, 7) is 5.03. The lowest BCUT2D eigenvalue weighted by Gasteiger charge is -2.20. The SMILES string of the molecule is CC1CCC(NCc2cccc(OC(F)(F)F)c2)C1C. The van der Waals surface area contributed by atoms with E-state index in [2.05, 4.69) is 23.9 Å². The van der Waals surface area contributed by atoms with Gasteiger partial charge < -0.3 is 10.1 Å². The minimum atomic E-state index is -4.64. The normalized spacial score (nSPS) is 26.8. The van der Waals surface area contributed by atoms with Crippen LogP contribution in [0.1, 0.15) is 32.3 Å². The minimum absolute atomic E-state index is 0.162. The molecule has 0 saturated heterocycles. The van der Waals surface area contributed by atoms with E-state index in [1.165, 1.54) is 18.6 Å². The zero-order valence-corrected chi connectivity index (χ0v) is 11.7. The van der Waals surface area contributed by atoms with E-state index in [-0.39, 0.29) is 5.75 Å². The van der Waals surface area contributed by atoms with Crippen molar-refractivity contribution < 1.29 is 17.9 Å². The van der Waals surface area contributed by atoms with Crippen molar-refractivity contribution in [3.8, 4) is 5.75 Å². The molecule has 3 unspecified atom stereocenters. The third kappa shape index (κ3) is 4.13. The Balaban J connectivity index is 1.92. The quantitative estimate of drug-likeness (QED) is 0.900. The number of hydrogen-bond acceptors (Lipinski definition) is 2. The zero-order valence-electron chi connectivity index (χ0n) is 11.7. The molecular formula is C15H20F3NO. The van der Waals surface area contributed by atoms with Gasteiger partial charge >= 0.3 is 6.36 Å². The van der Waals surface area contributed by atoms with Crippen molar-refractivity contribution in [3.63, 3.8) is 0 Å². The van der Waals surface area contributed by atoms with Crippen molar-refractivity contribution in [2.45, 2.75) is 45.6 Å². The van der Waals surface area contributed by atoms with E-state index in [4.69, 9.17) is 0 Å². The Morgan fingerprint density at radius 1 is 1.25 bits per heavy atom. The van der Waals surface area contributed by atoms with E-state index in [1.807, 2.05) is 0 Å². The molecule has 20 heavy (non-hydrogen) atoms. The smallest absolute Gasteiger partial charge is 0.406 e. The van der Waals surface area contributed by atoms with Crippen LogP contribution < -0.4 is 10.1 Å². The van der Waals surface area contributed by atoms with Crippen LogP contribution in [0.25, 0.3) is 0 Å². The summed E-state index contributed by atoms with van der Waals surface area (Å²) in [6.07, 6.45) is -2.31. The molecule has 0 spiro atoms. The van der Waals surface area contributed by atoms with Crippen LogP contribution in [-0.4, -0.2) is 12.4 Å². The summed E-state index contributed by atoms with van der Waals surface area (Å²) < 4.78 is 40.4. The number of benzene rings is 1. The lowest BCUT2D eigenvalue weighted by atomic mass is 9.98. The van der Waals surface area contributed by atoms with Crippen LogP contribution in [0.15, 0.2) is 24.3 Å². The Bertz CT molecular complexity index is 447. The van der Waals surface area contributed by atoms with Crippen molar-refractivity contribution in [2.24, 2.45) is 11.8 Å². The molecule has 3 atom stereocenters. The van der Waals surface area contributed by atoms with Gasteiger partial charge in [0.25, 0.3) is 0 Å². The Morgan fingerprint density at radius 2 is 2.00 bits per heavy atom. The molecule has 1 aromatic carbocycles. The number of rotatable bonds is 4. The van der Waals surface area contributed by atoms with Crippen molar-refractivity contribution in [1.29, 1.82) is 0 Å².